The van der Waals surface area contributed by atoms with Gasteiger partial charge in [-0.3, -0.25) is 14.5 Å². The molecule has 0 N–H and O–H groups in total. The first-order valence-electron chi connectivity index (χ1n) is 11.6. The molecular formula is C24H32N6O3. The van der Waals surface area contributed by atoms with Crippen LogP contribution in [-0.4, -0.2) is 87.1 Å². The molecule has 33 heavy (non-hydrogen) atoms. The highest BCUT2D eigenvalue weighted by atomic mass is 16.3. The van der Waals surface area contributed by atoms with Crippen molar-refractivity contribution >= 4 is 22.8 Å². The topological polar surface area (TPSA) is 87.7 Å². The van der Waals surface area contributed by atoms with Crippen molar-refractivity contribution in [1.82, 2.24) is 29.5 Å². The number of piperazine rings is 1. The number of rotatable bonds is 7. The smallest absolute Gasteiger partial charge is 0.254 e. The van der Waals surface area contributed by atoms with E-state index in [1.807, 2.05) is 48.2 Å². The summed E-state index contributed by atoms with van der Waals surface area (Å²) >= 11 is 0. The van der Waals surface area contributed by atoms with E-state index in [0.29, 0.717) is 68.5 Å². The first-order chi connectivity index (χ1) is 15.9. The minimum Gasteiger partial charge on any atom is -0.463 e. The average molecular weight is 453 g/mol. The zero-order valence-corrected chi connectivity index (χ0v) is 19.8. The number of hydrogen-bond donors (Lipinski definition) is 0. The third kappa shape index (κ3) is 4.64. The van der Waals surface area contributed by atoms with Crippen LogP contribution in [0.5, 0.6) is 0 Å². The van der Waals surface area contributed by atoms with E-state index in [4.69, 9.17) is 9.40 Å². The Morgan fingerprint density at radius 1 is 1.15 bits per heavy atom. The lowest BCUT2D eigenvalue weighted by atomic mass is 10.1. The first-order valence-corrected chi connectivity index (χ1v) is 11.6. The van der Waals surface area contributed by atoms with Crippen molar-refractivity contribution in [3.63, 3.8) is 0 Å². The molecule has 3 aromatic heterocycles. The van der Waals surface area contributed by atoms with Gasteiger partial charge >= 0.3 is 0 Å². The lowest BCUT2D eigenvalue weighted by Gasteiger charge is -2.35. The van der Waals surface area contributed by atoms with E-state index in [1.54, 1.807) is 24.6 Å². The van der Waals surface area contributed by atoms with Gasteiger partial charge in [-0.15, -0.1) is 0 Å². The van der Waals surface area contributed by atoms with Crippen molar-refractivity contribution < 1.29 is 14.0 Å². The fraction of sp³-hybridized carbons (Fsp3) is 0.500. The molecule has 0 radical (unpaired) electrons. The summed E-state index contributed by atoms with van der Waals surface area (Å²) in [5.41, 5.74) is 1.86. The molecule has 1 aliphatic rings. The molecule has 0 aromatic carbocycles. The van der Waals surface area contributed by atoms with E-state index < -0.39 is 0 Å². The summed E-state index contributed by atoms with van der Waals surface area (Å²) in [7, 11) is 0. The molecule has 9 heteroatoms. The van der Waals surface area contributed by atoms with Gasteiger partial charge in [-0.25, -0.2) is 9.67 Å². The van der Waals surface area contributed by atoms with Gasteiger partial charge in [0.25, 0.3) is 5.91 Å². The molecule has 4 rings (SSSR count). The average Bonchev–Trinajstić information content (AvgIpc) is 3.49. The Hall–Kier alpha value is -3.20. The second-order valence-electron chi connectivity index (χ2n) is 8.59. The lowest BCUT2D eigenvalue weighted by Crippen LogP contribution is -2.51. The Kier molecular flexibility index (Phi) is 6.78. The second-order valence-corrected chi connectivity index (χ2v) is 8.59. The Labute approximate surface area is 193 Å². The van der Waals surface area contributed by atoms with Crippen molar-refractivity contribution in [2.45, 2.75) is 33.7 Å². The number of nitrogens with zero attached hydrogens (tertiary/aromatic N) is 6. The van der Waals surface area contributed by atoms with Crippen LogP contribution in [-0.2, 0) is 4.79 Å². The number of aromatic nitrogens is 3. The zero-order chi connectivity index (χ0) is 23.5. The number of carbonyl (C=O) groups is 2. The number of amides is 2. The minimum atomic E-state index is -0.0479. The standard InChI is InChI=1S/C24H32N6O3/c1-5-28(6-2)22(31)16-27-9-11-29(12-10-27)24(32)18-14-20(21-8-7-13-33-21)26-23-19(18)15-25-30(23)17(3)4/h7-8,13-15,17H,5-6,9-12,16H2,1-4H3. The monoisotopic (exact) mass is 452 g/mol. The molecule has 0 unspecified atom stereocenters. The fourth-order valence-electron chi connectivity index (χ4n) is 4.27. The Morgan fingerprint density at radius 3 is 2.48 bits per heavy atom. The maximum Gasteiger partial charge on any atom is 0.254 e. The van der Waals surface area contributed by atoms with Gasteiger partial charge < -0.3 is 14.2 Å². The van der Waals surface area contributed by atoms with Crippen molar-refractivity contribution in [3.8, 4) is 11.5 Å². The van der Waals surface area contributed by atoms with Crippen LogP contribution in [0.3, 0.4) is 0 Å². The Bertz CT molecular complexity index is 1110. The van der Waals surface area contributed by atoms with Gasteiger partial charge in [0.1, 0.15) is 5.69 Å². The van der Waals surface area contributed by atoms with Crippen LogP contribution >= 0.6 is 0 Å². The third-order valence-corrected chi connectivity index (χ3v) is 6.19. The molecule has 0 spiro atoms. The van der Waals surface area contributed by atoms with E-state index >= 15 is 0 Å². The molecule has 9 nitrogen and oxygen atoms in total. The van der Waals surface area contributed by atoms with Crippen LogP contribution in [0.25, 0.3) is 22.5 Å². The molecule has 2 amide bonds. The summed E-state index contributed by atoms with van der Waals surface area (Å²) in [4.78, 5) is 36.6. The number of likely N-dealkylation sites (N-methyl/N-ethyl adjacent to an activating group) is 1. The van der Waals surface area contributed by atoms with Crippen LogP contribution in [0.15, 0.2) is 35.1 Å². The fourth-order valence-corrected chi connectivity index (χ4v) is 4.27. The largest absolute Gasteiger partial charge is 0.463 e. The number of hydrogen-bond acceptors (Lipinski definition) is 6. The molecule has 0 aliphatic carbocycles. The molecule has 1 aliphatic heterocycles. The summed E-state index contributed by atoms with van der Waals surface area (Å²) in [6.45, 7) is 12.4. The van der Waals surface area contributed by atoms with E-state index in [9.17, 15) is 9.59 Å². The van der Waals surface area contributed by atoms with Crippen LogP contribution < -0.4 is 0 Å². The summed E-state index contributed by atoms with van der Waals surface area (Å²) in [6, 6.07) is 5.55. The number of fused-ring (bicyclic) bond motifs is 1. The summed E-state index contributed by atoms with van der Waals surface area (Å²) < 4.78 is 7.38. The van der Waals surface area contributed by atoms with E-state index in [2.05, 4.69) is 10.00 Å². The molecule has 176 valence electrons. The molecular weight excluding hydrogens is 420 g/mol. The summed E-state index contributed by atoms with van der Waals surface area (Å²) in [5, 5.41) is 5.22. The highest BCUT2D eigenvalue weighted by molar-refractivity contribution is 6.06. The summed E-state index contributed by atoms with van der Waals surface area (Å²) in [5.74, 6) is 0.704. The van der Waals surface area contributed by atoms with Crippen molar-refractivity contribution in [3.05, 3.63) is 36.2 Å². The molecule has 0 bridgehead atoms. The number of carbonyl (C=O) groups excluding carboxylic acids is 2. The predicted molar refractivity (Wildman–Crippen MR) is 126 cm³/mol. The van der Waals surface area contributed by atoms with Crippen molar-refractivity contribution in [2.75, 3.05) is 45.8 Å². The van der Waals surface area contributed by atoms with Crippen molar-refractivity contribution in [1.29, 1.82) is 0 Å². The molecule has 1 fully saturated rings. The van der Waals surface area contributed by atoms with Crippen LogP contribution in [0.1, 0.15) is 44.1 Å². The van der Waals surface area contributed by atoms with Gasteiger partial charge in [0.05, 0.1) is 30.0 Å². The maximum atomic E-state index is 13.6. The minimum absolute atomic E-state index is 0.0479. The number of pyridine rings is 1. The van der Waals surface area contributed by atoms with Gasteiger partial charge in [0, 0.05) is 45.3 Å². The normalized spacial score (nSPS) is 14.9. The molecule has 4 heterocycles. The highest BCUT2D eigenvalue weighted by Crippen LogP contribution is 2.27. The van der Waals surface area contributed by atoms with Crippen molar-refractivity contribution in [2.24, 2.45) is 0 Å². The second kappa shape index (κ2) is 9.74. The van der Waals surface area contributed by atoms with Crippen LogP contribution in [0.2, 0.25) is 0 Å². The van der Waals surface area contributed by atoms with Gasteiger partial charge in [-0.05, 0) is 45.9 Å². The van der Waals surface area contributed by atoms with Gasteiger partial charge in [0.2, 0.25) is 5.91 Å². The number of furan rings is 1. The highest BCUT2D eigenvalue weighted by Gasteiger charge is 2.27. The van der Waals surface area contributed by atoms with Gasteiger partial charge in [0.15, 0.2) is 11.4 Å². The molecule has 1 saturated heterocycles. The van der Waals surface area contributed by atoms with Gasteiger partial charge in [-0.2, -0.15) is 5.10 Å². The molecule has 0 atom stereocenters. The van der Waals surface area contributed by atoms with E-state index in [0.717, 1.165) is 5.39 Å². The summed E-state index contributed by atoms with van der Waals surface area (Å²) in [6.07, 6.45) is 3.32. The van der Waals surface area contributed by atoms with Crippen LogP contribution in [0.4, 0.5) is 0 Å². The molecule has 3 aromatic rings. The van der Waals surface area contributed by atoms with E-state index in [1.165, 1.54) is 0 Å². The third-order valence-electron chi connectivity index (χ3n) is 6.19. The SMILES string of the molecule is CCN(CC)C(=O)CN1CCN(C(=O)c2cc(-c3ccco3)nc3c2cnn3C(C)C)CC1. The predicted octanol–water partition coefficient (Wildman–Crippen LogP) is 2.90. The molecule has 0 saturated carbocycles. The maximum absolute atomic E-state index is 13.6. The zero-order valence-electron chi connectivity index (χ0n) is 19.8. The Balaban J connectivity index is 1.56. The first kappa shape index (κ1) is 23.0. The van der Waals surface area contributed by atoms with Gasteiger partial charge in [-0.1, -0.05) is 0 Å². The van der Waals surface area contributed by atoms with Crippen LogP contribution in [0, 0.1) is 0 Å². The Morgan fingerprint density at radius 2 is 1.88 bits per heavy atom. The quantitative estimate of drug-likeness (QED) is 0.548. The van der Waals surface area contributed by atoms with E-state index in [-0.39, 0.29) is 17.9 Å². The lowest BCUT2D eigenvalue weighted by molar-refractivity contribution is -0.132.